The molecule has 0 radical (unpaired) electrons. The fraction of sp³-hybridized carbons (Fsp3) is 0.750. The van der Waals surface area contributed by atoms with Gasteiger partial charge in [-0.25, -0.2) is 0 Å². The van der Waals surface area contributed by atoms with Crippen molar-refractivity contribution in [2.45, 2.75) is 50.2 Å². The third kappa shape index (κ3) is 16.3. The maximum atomic E-state index is 10.8. The summed E-state index contributed by atoms with van der Waals surface area (Å²) < 4.78 is 10.1. The van der Waals surface area contributed by atoms with Gasteiger partial charge in [0.1, 0.15) is 0 Å². The van der Waals surface area contributed by atoms with Crippen LogP contribution in [0.5, 0.6) is 0 Å². The first-order valence-corrected chi connectivity index (χ1v) is 8.78. The number of hydrogen-bond donors (Lipinski definition) is 1. The van der Waals surface area contributed by atoms with Gasteiger partial charge in [0.05, 0.1) is 18.2 Å². The van der Waals surface area contributed by atoms with Crippen LogP contribution in [0.15, 0.2) is 0 Å². The number of carboxylic acid groups (broad SMARTS) is 2. The van der Waals surface area contributed by atoms with Crippen molar-refractivity contribution in [2.24, 2.45) is 0 Å². The first-order chi connectivity index (χ1) is 10.9. The predicted octanol–water partition coefficient (Wildman–Crippen LogP) is -6.21. The Labute approximate surface area is 188 Å². The summed E-state index contributed by atoms with van der Waals surface area (Å²) in [5.74, 6) is -5.12. The molecule has 1 aliphatic carbocycles. The van der Waals surface area contributed by atoms with E-state index in [2.05, 4.69) is 0 Å². The van der Waals surface area contributed by atoms with Crippen molar-refractivity contribution in [1.82, 2.24) is 5.32 Å². The quantitative estimate of drug-likeness (QED) is 0.234. The van der Waals surface area contributed by atoms with Crippen LogP contribution in [0.25, 0.3) is 11.5 Å². The van der Waals surface area contributed by atoms with E-state index in [1.165, 1.54) is 18.2 Å². The molecule has 0 aromatic heterocycles. The standard InChI is InChI=1S/C6H12N2.C6H10NO8P.Na.Pt/c7-5-3-1-2-4-6(5)8;8-4(2-16(13,14)15)7-3(6(11)12)1-5(9)10;;/h5-8H,1-4H2;3H,1-2H2,(H,7,8)(H,9,10)(H,11,12)(H2,13,14,15);;/q-2;;+1;+4/p-3. The summed E-state index contributed by atoms with van der Waals surface area (Å²) in [4.78, 5) is 51.4. The summed E-state index contributed by atoms with van der Waals surface area (Å²) in [6.07, 6.45) is 1.70. The molecule has 11 nitrogen and oxygen atoms in total. The molecule has 1 rings (SSSR count). The molecule has 3 unspecified atom stereocenters. The zero-order valence-corrected chi connectivity index (χ0v) is 19.2. The van der Waals surface area contributed by atoms with E-state index >= 15 is 0 Å². The van der Waals surface area contributed by atoms with Crippen LogP contribution in [-0.4, -0.2) is 42.1 Å². The van der Waals surface area contributed by atoms with Gasteiger partial charge in [-0.3, -0.25) is 4.79 Å². The summed E-state index contributed by atoms with van der Waals surface area (Å²) in [6.45, 7) is 0. The number of carboxylic acids is 2. The van der Waals surface area contributed by atoms with E-state index in [4.69, 9.17) is 11.5 Å². The zero-order chi connectivity index (χ0) is 18.9. The Morgan fingerprint density at radius 1 is 1.12 bits per heavy atom. The Hall–Kier alpha value is 0.168. The molecule has 0 saturated heterocycles. The van der Waals surface area contributed by atoms with Crippen molar-refractivity contribution in [1.29, 1.82) is 0 Å². The average molecular weight is 582 g/mol. The van der Waals surface area contributed by atoms with Crippen molar-refractivity contribution in [3.8, 4) is 0 Å². The average Bonchev–Trinajstić information content (AvgIpc) is 2.39. The first-order valence-electron chi connectivity index (χ1n) is 7.05. The van der Waals surface area contributed by atoms with Gasteiger partial charge in [-0.15, -0.1) is 0 Å². The Morgan fingerprint density at radius 3 is 1.81 bits per heavy atom. The van der Waals surface area contributed by atoms with E-state index in [1.54, 1.807) is 0 Å². The number of carbonyl (C=O) groups excluding carboxylic acids is 3. The SMILES string of the molecule is O=C([O-])CC(NC(=O)CP(=O)([O-])[O-])C(=O)[O-].[H+].[NH-]C1CCCCC1[NH-].[Na+].[Pt+4]. The molecule has 0 aromatic rings. The third-order valence-corrected chi connectivity index (χ3v) is 3.77. The van der Waals surface area contributed by atoms with Crippen LogP contribution in [0.2, 0.25) is 0 Å². The molecule has 26 heavy (non-hydrogen) atoms. The molecule has 3 N–H and O–H groups in total. The van der Waals surface area contributed by atoms with Gasteiger partial charge in [-0.2, -0.15) is 12.1 Å². The maximum absolute atomic E-state index is 10.8. The third-order valence-electron chi connectivity index (χ3n) is 3.09. The monoisotopic (exact) mass is 582 g/mol. The largest absolute Gasteiger partial charge is 4.00 e. The minimum atomic E-state index is -5.13. The Morgan fingerprint density at radius 2 is 1.54 bits per heavy atom. The molecule has 0 aromatic carbocycles. The second-order valence-corrected chi connectivity index (χ2v) is 6.82. The van der Waals surface area contributed by atoms with Crippen molar-refractivity contribution in [3.63, 3.8) is 0 Å². The van der Waals surface area contributed by atoms with Crippen LogP contribution in [0.3, 0.4) is 0 Å². The van der Waals surface area contributed by atoms with Gasteiger partial charge in [0, 0.05) is 12.4 Å². The Kier molecular flexibility index (Phi) is 18.0. The Bertz CT molecular complexity index is 503. The smallest absolute Gasteiger partial charge is 0.810 e. The minimum absolute atomic E-state index is 0. The van der Waals surface area contributed by atoms with Crippen LogP contribution in [0.4, 0.5) is 0 Å². The van der Waals surface area contributed by atoms with Gasteiger partial charge in [0.15, 0.2) is 0 Å². The summed E-state index contributed by atoms with van der Waals surface area (Å²) in [7, 11) is -5.13. The maximum Gasteiger partial charge on any atom is 4.00 e. The molecule has 14 heteroatoms. The number of nitrogens with one attached hydrogen (secondary N) is 3. The molecule has 1 aliphatic rings. The number of hydrogen-bond acceptors (Lipinski definition) is 8. The van der Waals surface area contributed by atoms with Crippen molar-refractivity contribution in [3.05, 3.63) is 11.5 Å². The van der Waals surface area contributed by atoms with Gasteiger partial charge in [-0.05, 0) is 0 Å². The second kappa shape index (κ2) is 15.1. The molecule has 0 heterocycles. The van der Waals surface area contributed by atoms with Crippen molar-refractivity contribution in [2.75, 3.05) is 6.16 Å². The molecule has 0 spiro atoms. The van der Waals surface area contributed by atoms with Crippen molar-refractivity contribution >= 4 is 25.4 Å². The topological polar surface area (TPSA) is 220 Å². The van der Waals surface area contributed by atoms with E-state index in [0.717, 1.165) is 12.8 Å². The van der Waals surface area contributed by atoms with Crippen LogP contribution >= 0.6 is 7.60 Å². The second-order valence-electron chi connectivity index (χ2n) is 5.28. The molecule has 0 bridgehead atoms. The molecule has 1 saturated carbocycles. The first kappa shape index (κ1) is 30.9. The van der Waals surface area contributed by atoms with E-state index in [1.807, 2.05) is 0 Å². The summed E-state index contributed by atoms with van der Waals surface area (Å²) in [6, 6.07) is -2.10. The van der Waals surface area contributed by atoms with E-state index in [0.29, 0.717) is 0 Å². The van der Waals surface area contributed by atoms with Crippen LogP contribution in [0.1, 0.15) is 33.5 Å². The number of rotatable bonds is 6. The zero-order valence-electron chi connectivity index (χ0n) is 15.0. The normalized spacial score (nSPS) is 20.2. The van der Waals surface area contributed by atoms with Gasteiger partial charge in [0.25, 0.3) is 0 Å². The van der Waals surface area contributed by atoms with Gasteiger partial charge in [-0.1, -0.05) is 33.3 Å². The number of amides is 1. The fourth-order valence-corrected chi connectivity index (χ4v) is 2.35. The fourth-order valence-electron chi connectivity index (χ4n) is 1.91. The molecular weight excluding hydrogens is 563 g/mol. The molecule has 3 atom stereocenters. The summed E-state index contributed by atoms with van der Waals surface area (Å²) in [5.41, 5.74) is 14.6. The Balaban J connectivity index is -0.000000205. The van der Waals surface area contributed by atoms with E-state index < -0.39 is 44.1 Å². The van der Waals surface area contributed by atoms with Gasteiger partial charge >= 0.3 is 52.0 Å². The van der Waals surface area contributed by atoms with E-state index in [-0.39, 0.29) is 64.1 Å². The van der Waals surface area contributed by atoms with Crippen molar-refractivity contribution < 1.29 is 91.0 Å². The minimum Gasteiger partial charge on any atom is -0.810 e. The molecule has 146 valence electrons. The number of carbonyl (C=O) groups is 3. The summed E-state index contributed by atoms with van der Waals surface area (Å²) >= 11 is 0. The van der Waals surface area contributed by atoms with E-state index in [9.17, 15) is 38.9 Å². The predicted molar refractivity (Wildman–Crippen MR) is 74.8 cm³/mol. The van der Waals surface area contributed by atoms with Gasteiger partial charge in [0.2, 0.25) is 5.91 Å². The van der Waals surface area contributed by atoms with Crippen LogP contribution in [0, 0.1) is 0 Å². The number of aliphatic carboxylic acids is 2. The molecular formula is C12H19N3NaO8PPt. The molecule has 0 aliphatic heterocycles. The summed E-state index contributed by atoms with van der Waals surface area (Å²) in [5, 5.41) is 21.9. The van der Waals surface area contributed by atoms with Crippen LogP contribution < -0.4 is 54.9 Å². The molecule has 1 fully saturated rings. The van der Waals surface area contributed by atoms with Crippen LogP contribution in [-0.2, 0) is 40.0 Å². The van der Waals surface area contributed by atoms with Gasteiger partial charge < -0.3 is 50.9 Å². The molecule has 1 amide bonds.